The zero-order valence-electron chi connectivity index (χ0n) is 26.9. The molecule has 0 saturated carbocycles. The number of fused-ring (bicyclic) bond motifs is 6. The molecule has 234 valence electrons. The third-order valence-corrected chi connectivity index (χ3v) is 10.7. The lowest BCUT2D eigenvalue weighted by atomic mass is 10.0. The van der Waals surface area contributed by atoms with Crippen molar-refractivity contribution in [1.82, 2.24) is 19.5 Å². The van der Waals surface area contributed by atoms with Crippen LogP contribution in [0.5, 0.6) is 0 Å². The van der Waals surface area contributed by atoms with Crippen LogP contribution in [0.3, 0.4) is 0 Å². The van der Waals surface area contributed by atoms with Gasteiger partial charge in [0.1, 0.15) is 0 Å². The number of thiophene rings is 1. The van der Waals surface area contributed by atoms with Crippen molar-refractivity contribution in [1.29, 1.82) is 0 Å². The first-order valence-electron chi connectivity index (χ1n) is 16.7. The van der Waals surface area contributed by atoms with E-state index in [-0.39, 0.29) is 0 Å². The average molecular weight is 657 g/mol. The Labute approximate surface area is 292 Å². The van der Waals surface area contributed by atoms with Crippen molar-refractivity contribution in [2.24, 2.45) is 0 Å². The van der Waals surface area contributed by atoms with Crippen molar-refractivity contribution in [2.75, 3.05) is 0 Å². The average Bonchev–Trinajstić information content (AvgIpc) is 3.74. The maximum Gasteiger partial charge on any atom is 0.238 e. The second kappa shape index (κ2) is 11.6. The number of hydrogen-bond donors (Lipinski definition) is 0. The Morgan fingerprint density at radius 2 is 0.860 bits per heavy atom. The van der Waals surface area contributed by atoms with Crippen LogP contribution < -0.4 is 0 Å². The van der Waals surface area contributed by atoms with Gasteiger partial charge in [0, 0.05) is 42.1 Å². The van der Waals surface area contributed by atoms with Gasteiger partial charge < -0.3 is 0 Å². The Morgan fingerprint density at radius 3 is 1.52 bits per heavy atom. The Hall–Kier alpha value is -6.43. The van der Waals surface area contributed by atoms with E-state index in [1.165, 1.54) is 47.6 Å². The molecule has 0 aliphatic heterocycles. The summed E-state index contributed by atoms with van der Waals surface area (Å²) in [5, 5.41) is 4.93. The van der Waals surface area contributed by atoms with Gasteiger partial charge in [0.05, 0.1) is 11.0 Å². The lowest BCUT2D eigenvalue weighted by Crippen LogP contribution is -2.06. The van der Waals surface area contributed by atoms with Gasteiger partial charge in [0.2, 0.25) is 5.95 Å². The quantitative estimate of drug-likeness (QED) is 0.185. The van der Waals surface area contributed by atoms with Gasteiger partial charge in [-0.05, 0) is 40.5 Å². The fourth-order valence-corrected chi connectivity index (χ4v) is 8.31. The SMILES string of the molecule is c1ccc(-c2ccc(-c3nc(-c4ccc(-c5cccc6c5sc5ccccc56)cc4)nc(-n4c5ccccc5c5ccccc54)n3)cc2)cc1. The summed E-state index contributed by atoms with van der Waals surface area (Å²) in [6, 6.07) is 59.7. The normalized spacial score (nSPS) is 11.6. The maximum absolute atomic E-state index is 5.16. The fourth-order valence-electron chi connectivity index (χ4n) is 7.08. The number of para-hydroxylation sites is 2. The van der Waals surface area contributed by atoms with Crippen molar-refractivity contribution < 1.29 is 0 Å². The van der Waals surface area contributed by atoms with E-state index in [9.17, 15) is 0 Å². The molecule has 0 N–H and O–H groups in total. The molecule has 7 aromatic carbocycles. The standard InChI is InChI=1S/C45H28N4S/c1-2-11-29(12-3-1)30-21-25-32(26-22-30)43-46-44(48-45(47-43)49-39-18-7-4-13-35(39)36-14-5-8-19-40(36)49)33-27-23-31(24-28-33)34-16-10-17-38-37-15-6-9-20-41(37)50-42(34)38/h1-28H. The lowest BCUT2D eigenvalue weighted by Gasteiger charge is -2.12. The van der Waals surface area contributed by atoms with Crippen molar-refractivity contribution in [3.05, 3.63) is 170 Å². The Balaban J connectivity index is 1.13. The number of hydrogen-bond acceptors (Lipinski definition) is 4. The van der Waals surface area contributed by atoms with E-state index in [2.05, 4.69) is 168 Å². The molecule has 0 radical (unpaired) electrons. The molecule has 50 heavy (non-hydrogen) atoms. The van der Waals surface area contributed by atoms with Gasteiger partial charge >= 0.3 is 0 Å². The predicted octanol–water partition coefficient (Wildman–Crippen LogP) is 12.0. The molecule has 3 heterocycles. The zero-order chi connectivity index (χ0) is 33.0. The van der Waals surface area contributed by atoms with E-state index >= 15 is 0 Å². The molecule has 0 aliphatic carbocycles. The predicted molar refractivity (Wildman–Crippen MR) is 209 cm³/mol. The van der Waals surface area contributed by atoms with Crippen molar-refractivity contribution in [2.45, 2.75) is 0 Å². The highest BCUT2D eigenvalue weighted by molar-refractivity contribution is 7.26. The molecule has 3 aromatic heterocycles. The summed E-state index contributed by atoms with van der Waals surface area (Å²) in [5.74, 6) is 1.85. The van der Waals surface area contributed by atoms with Crippen LogP contribution in [0.1, 0.15) is 0 Å². The van der Waals surface area contributed by atoms with Gasteiger partial charge in [-0.25, -0.2) is 4.98 Å². The summed E-state index contributed by atoms with van der Waals surface area (Å²) in [6.07, 6.45) is 0. The van der Waals surface area contributed by atoms with Gasteiger partial charge in [0.25, 0.3) is 0 Å². The highest BCUT2D eigenvalue weighted by atomic mass is 32.1. The van der Waals surface area contributed by atoms with Crippen LogP contribution in [0, 0.1) is 0 Å². The zero-order valence-corrected chi connectivity index (χ0v) is 27.7. The maximum atomic E-state index is 5.16. The molecule has 0 bridgehead atoms. The number of benzene rings is 7. The fraction of sp³-hybridized carbons (Fsp3) is 0. The molecule has 0 saturated heterocycles. The molecular weight excluding hydrogens is 629 g/mol. The minimum absolute atomic E-state index is 0.591. The molecule has 0 amide bonds. The summed E-state index contributed by atoms with van der Waals surface area (Å²) in [4.78, 5) is 15.4. The van der Waals surface area contributed by atoms with E-state index in [0.717, 1.165) is 27.7 Å². The van der Waals surface area contributed by atoms with Crippen LogP contribution in [0.25, 0.3) is 93.0 Å². The molecule has 0 atom stereocenters. The lowest BCUT2D eigenvalue weighted by molar-refractivity contribution is 0.953. The molecule has 0 spiro atoms. The highest BCUT2D eigenvalue weighted by Crippen LogP contribution is 2.40. The van der Waals surface area contributed by atoms with E-state index < -0.39 is 0 Å². The van der Waals surface area contributed by atoms with E-state index in [1.807, 2.05) is 17.4 Å². The molecule has 0 unspecified atom stereocenters. The van der Waals surface area contributed by atoms with Crippen LogP contribution >= 0.6 is 11.3 Å². The first kappa shape index (κ1) is 28.6. The molecular formula is C45H28N4S. The number of rotatable bonds is 5. The number of aromatic nitrogens is 4. The Bertz CT molecular complexity index is 2800. The summed E-state index contributed by atoms with van der Waals surface area (Å²) in [6.45, 7) is 0. The van der Waals surface area contributed by atoms with Crippen molar-refractivity contribution >= 4 is 53.3 Å². The van der Waals surface area contributed by atoms with Gasteiger partial charge in [-0.15, -0.1) is 11.3 Å². The first-order chi connectivity index (χ1) is 24.8. The molecule has 0 fully saturated rings. The van der Waals surface area contributed by atoms with Gasteiger partial charge in [0.15, 0.2) is 11.6 Å². The van der Waals surface area contributed by atoms with E-state index in [1.54, 1.807) is 0 Å². The van der Waals surface area contributed by atoms with Crippen molar-refractivity contribution in [3.8, 4) is 51.0 Å². The van der Waals surface area contributed by atoms with E-state index in [0.29, 0.717) is 17.6 Å². The van der Waals surface area contributed by atoms with Crippen LogP contribution in [0.2, 0.25) is 0 Å². The molecule has 5 heteroatoms. The summed E-state index contributed by atoms with van der Waals surface area (Å²) in [7, 11) is 0. The third-order valence-electron chi connectivity index (χ3n) is 9.51. The minimum Gasteiger partial charge on any atom is -0.278 e. The van der Waals surface area contributed by atoms with Crippen LogP contribution in [-0.2, 0) is 0 Å². The third kappa shape index (κ3) is 4.71. The Kier molecular flexibility index (Phi) is 6.64. The molecule has 0 aliphatic rings. The second-order valence-electron chi connectivity index (χ2n) is 12.5. The second-order valence-corrected chi connectivity index (χ2v) is 13.5. The highest BCUT2D eigenvalue weighted by Gasteiger charge is 2.18. The molecule has 10 rings (SSSR count). The largest absolute Gasteiger partial charge is 0.278 e. The van der Waals surface area contributed by atoms with Crippen LogP contribution in [0.4, 0.5) is 0 Å². The Morgan fingerprint density at radius 1 is 0.360 bits per heavy atom. The first-order valence-corrected chi connectivity index (χ1v) is 17.5. The monoisotopic (exact) mass is 656 g/mol. The summed E-state index contributed by atoms with van der Waals surface area (Å²) < 4.78 is 4.77. The van der Waals surface area contributed by atoms with Crippen LogP contribution in [-0.4, -0.2) is 19.5 Å². The van der Waals surface area contributed by atoms with Gasteiger partial charge in [-0.3, -0.25) is 4.57 Å². The minimum atomic E-state index is 0.591. The van der Waals surface area contributed by atoms with Gasteiger partial charge in [-0.2, -0.15) is 9.97 Å². The van der Waals surface area contributed by atoms with Crippen LogP contribution in [0.15, 0.2) is 170 Å². The molecule has 4 nitrogen and oxygen atoms in total. The number of nitrogens with zero attached hydrogens (tertiary/aromatic N) is 4. The van der Waals surface area contributed by atoms with Gasteiger partial charge in [-0.1, -0.05) is 152 Å². The summed E-state index contributed by atoms with van der Waals surface area (Å²) in [5.41, 5.74) is 8.71. The smallest absolute Gasteiger partial charge is 0.238 e. The van der Waals surface area contributed by atoms with E-state index in [4.69, 9.17) is 15.0 Å². The summed E-state index contributed by atoms with van der Waals surface area (Å²) >= 11 is 1.85. The molecule has 10 aromatic rings. The van der Waals surface area contributed by atoms with Crippen molar-refractivity contribution in [3.63, 3.8) is 0 Å². The topological polar surface area (TPSA) is 43.6 Å².